The van der Waals surface area contributed by atoms with Gasteiger partial charge < -0.3 is 9.47 Å². The van der Waals surface area contributed by atoms with Gasteiger partial charge >= 0.3 is 0 Å². The third-order valence-corrected chi connectivity index (χ3v) is 4.18. The van der Waals surface area contributed by atoms with E-state index in [9.17, 15) is 9.59 Å². The van der Waals surface area contributed by atoms with Crippen molar-refractivity contribution < 1.29 is 19.1 Å². The van der Waals surface area contributed by atoms with E-state index in [2.05, 4.69) is 15.8 Å². The lowest BCUT2D eigenvalue weighted by Gasteiger charge is -2.13. The van der Waals surface area contributed by atoms with Crippen molar-refractivity contribution in [2.24, 2.45) is 0 Å². The van der Waals surface area contributed by atoms with Gasteiger partial charge in [-0.3, -0.25) is 20.4 Å². The van der Waals surface area contributed by atoms with E-state index in [0.29, 0.717) is 23.6 Å². The second-order valence-electron chi connectivity index (χ2n) is 5.72. The fourth-order valence-electron chi connectivity index (χ4n) is 2.58. The van der Waals surface area contributed by atoms with Crippen LogP contribution in [0, 0.1) is 0 Å². The highest BCUT2D eigenvalue weighted by molar-refractivity contribution is 6.32. The van der Waals surface area contributed by atoms with E-state index < -0.39 is 11.8 Å². The monoisotopic (exact) mass is 399 g/mol. The fraction of sp³-hybridized carbons (Fsp3) is 0.150. The van der Waals surface area contributed by atoms with Crippen LogP contribution in [0.15, 0.2) is 48.5 Å². The Kier molecular flexibility index (Phi) is 5.96. The number of benzene rings is 2. The van der Waals surface area contributed by atoms with Gasteiger partial charge in [0.25, 0.3) is 11.8 Å². The summed E-state index contributed by atoms with van der Waals surface area (Å²) in [6, 6.07) is 13.7. The average molecular weight is 400 g/mol. The summed E-state index contributed by atoms with van der Waals surface area (Å²) in [4.78, 5) is 29.0. The summed E-state index contributed by atoms with van der Waals surface area (Å²) < 4.78 is 10.6. The highest BCUT2D eigenvalue weighted by Crippen LogP contribution is 2.36. The van der Waals surface area contributed by atoms with Crippen molar-refractivity contribution in [3.63, 3.8) is 0 Å². The van der Waals surface area contributed by atoms with E-state index in [4.69, 9.17) is 21.1 Å². The Balaban J connectivity index is 1.72. The molecule has 0 radical (unpaired) electrons. The van der Waals surface area contributed by atoms with Gasteiger partial charge in [0.2, 0.25) is 0 Å². The summed E-state index contributed by atoms with van der Waals surface area (Å²) in [7, 11) is 1.45. The predicted molar refractivity (Wildman–Crippen MR) is 106 cm³/mol. The molecule has 8 heteroatoms. The maximum absolute atomic E-state index is 12.4. The minimum atomic E-state index is -0.558. The number of carbonyl (C=O) groups is 2. The molecule has 0 aliphatic rings. The number of methoxy groups -OCH3 is 1. The average Bonchev–Trinajstić information content (AvgIpc) is 2.72. The van der Waals surface area contributed by atoms with Crippen LogP contribution >= 0.6 is 11.6 Å². The molecule has 0 unspecified atom stereocenters. The predicted octanol–water partition coefficient (Wildman–Crippen LogP) is 3.37. The number of hydrazine groups is 1. The number of para-hydroxylation sites is 1. The molecule has 3 rings (SSSR count). The number of amides is 2. The molecule has 2 aromatic carbocycles. The van der Waals surface area contributed by atoms with E-state index in [0.717, 1.165) is 5.39 Å². The Morgan fingerprint density at radius 1 is 1.07 bits per heavy atom. The standard InChI is InChI=1S/C20H18ClN3O4/c1-3-28-18-14(21)10-13(11-17(18)27-2)19(25)23-24-20(26)16-9-8-12-6-4-5-7-15(12)22-16/h4-11H,3H2,1-2H3,(H,23,25)(H,24,26). The van der Waals surface area contributed by atoms with Gasteiger partial charge in [-0.05, 0) is 31.2 Å². The number of halogens is 1. The normalized spacial score (nSPS) is 10.4. The fourth-order valence-corrected chi connectivity index (χ4v) is 2.84. The third kappa shape index (κ3) is 4.15. The lowest BCUT2D eigenvalue weighted by atomic mass is 10.2. The molecule has 7 nitrogen and oxygen atoms in total. The van der Waals surface area contributed by atoms with Crippen LogP contribution in [0.5, 0.6) is 11.5 Å². The molecule has 0 aliphatic heterocycles. The number of nitrogens with zero attached hydrogens (tertiary/aromatic N) is 1. The SMILES string of the molecule is CCOc1c(Cl)cc(C(=O)NNC(=O)c2ccc3ccccc3n2)cc1OC. The van der Waals surface area contributed by atoms with Gasteiger partial charge in [0.15, 0.2) is 11.5 Å². The van der Waals surface area contributed by atoms with Crippen LogP contribution in [0.1, 0.15) is 27.8 Å². The summed E-state index contributed by atoms with van der Waals surface area (Å²) in [6.07, 6.45) is 0. The van der Waals surface area contributed by atoms with Crippen LogP contribution in [0.3, 0.4) is 0 Å². The number of aromatic nitrogens is 1. The smallest absolute Gasteiger partial charge is 0.288 e. The Bertz CT molecular complexity index is 1040. The number of carbonyl (C=O) groups excluding carboxylic acids is 2. The molecule has 0 atom stereocenters. The highest BCUT2D eigenvalue weighted by Gasteiger charge is 2.17. The number of pyridine rings is 1. The van der Waals surface area contributed by atoms with Gasteiger partial charge in [0.05, 0.1) is 24.3 Å². The second-order valence-corrected chi connectivity index (χ2v) is 6.13. The van der Waals surface area contributed by atoms with E-state index >= 15 is 0 Å². The van der Waals surface area contributed by atoms with Crippen LogP contribution in [-0.2, 0) is 0 Å². The lowest BCUT2D eigenvalue weighted by Crippen LogP contribution is -2.42. The summed E-state index contributed by atoms with van der Waals surface area (Å²) >= 11 is 6.17. The number of hydrogen-bond acceptors (Lipinski definition) is 5. The maximum Gasteiger partial charge on any atom is 0.288 e. The molecule has 0 fully saturated rings. The Labute approximate surface area is 166 Å². The minimum Gasteiger partial charge on any atom is -0.493 e. The molecule has 1 heterocycles. The number of hydrogen-bond donors (Lipinski definition) is 2. The first-order valence-electron chi connectivity index (χ1n) is 8.50. The molecule has 0 saturated heterocycles. The zero-order chi connectivity index (χ0) is 20.1. The molecule has 2 N–H and O–H groups in total. The molecule has 2 amide bonds. The molecule has 0 saturated carbocycles. The van der Waals surface area contributed by atoms with Gasteiger partial charge in [0, 0.05) is 10.9 Å². The second kappa shape index (κ2) is 8.58. The summed E-state index contributed by atoms with van der Waals surface area (Å²) in [5, 5.41) is 1.15. The van der Waals surface area contributed by atoms with Crippen molar-refractivity contribution in [1.82, 2.24) is 15.8 Å². The Hall–Kier alpha value is -3.32. The molecule has 28 heavy (non-hydrogen) atoms. The first-order chi connectivity index (χ1) is 13.5. The maximum atomic E-state index is 12.4. The topological polar surface area (TPSA) is 89.6 Å². The minimum absolute atomic E-state index is 0.182. The third-order valence-electron chi connectivity index (χ3n) is 3.90. The number of ether oxygens (including phenoxy) is 2. The van der Waals surface area contributed by atoms with Crippen LogP contribution in [0.25, 0.3) is 10.9 Å². The number of fused-ring (bicyclic) bond motifs is 1. The summed E-state index contributed by atoms with van der Waals surface area (Å²) in [6.45, 7) is 2.21. The first-order valence-corrected chi connectivity index (χ1v) is 8.88. The van der Waals surface area contributed by atoms with E-state index in [1.807, 2.05) is 25.1 Å². The van der Waals surface area contributed by atoms with Gasteiger partial charge in [-0.25, -0.2) is 4.98 Å². The van der Waals surface area contributed by atoms with Crippen molar-refractivity contribution in [3.05, 3.63) is 64.8 Å². The molecule has 1 aromatic heterocycles. The summed E-state index contributed by atoms with van der Waals surface area (Å²) in [5.74, 6) is -0.421. The van der Waals surface area contributed by atoms with Crippen molar-refractivity contribution in [3.8, 4) is 11.5 Å². The van der Waals surface area contributed by atoms with Crippen molar-refractivity contribution >= 4 is 34.3 Å². The molecule has 3 aromatic rings. The molecule has 0 spiro atoms. The van der Waals surface area contributed by atoms with Gasteiger partial charge in [0.1, 0.15) is 5.69 Å². The van der Waals surface area contributed by atoms with Gasteiger partial charge in [-0.2, -0.15) is 0 Å². The Morgan fingerprint density at radius 3 is 2.57 bits per heavy atom. The van der Waals surface area contributed by atoms with Gasteiger partial charge in [-0.15, -0.1) is 0 Å². The van der Waals surface area contributed by atoms with Gasteiger partial charge in [-0.1, -0.05) is 35.9 Å². The van der Waals surface area contributed by atoms with Crippen molar-refractivity contribution in [2.75, 3.05) is 13.7 Å². The molecule has 0 aliphatic carbocycles. The van der Waals surface area contributed by atoms with E-state index in [1.165, 1.54) is 19.2 Å². The zero-order valence-corrected chi connectivity index (χ0v) is 16.0. The van der Waals surface area contributed by atoms with Crippen LogP contribution in [-0.4, -0.2) is 30.5 Å². The van der Waals surface area contributed by atoms with Crippen LogP contribution in [0.2, 0.25) is 5.02 Å². The lowest BCUT2D eigenvalue weighted by molar-refractivity contribution is 0.0844. The molecule has 144 valence electrons. The molecular formula is C20H18ClN3O4. The van der Waals surface area contributed by atoms with Crippen LogP contribution in [0.4, 0.5) is 0 Å². The highest BCUT2D eigenvalue weighted by atomic mass is 35.5. The quantitative estimate of drug-likeness (QED) is 0.642. The van der Waals surface area contributed by atoms with Crippen molar-refractivity contribution in [2.45, 2.75) is 6.92 Å². The zero-order valence-electron chi connectivity index (χ0n) is 15.3. The van der Waals surface area contributed by atoms with E-state index in [1.54, 1.807) is 18.2 Å². The number of nitrogens with one attached hydrogen (secondary N) is 2. The van der Waals surface area contributed by atoms with Crippen LogP contribution < -0.4 is 20.3 Å². The number of rotatable bonds is 5. The van der Waals surface area contributed by atoms with E-state index in [-0.39, 0.29) is 16.3 Å². The Morgan fingerprint density at radius 2 is 1.82 bits per heavy atom. The first kappa shape index (κ1) is 19.4. The van der Waals surface area contributed by atoms with Crippen molar-refractivity contribution in [1.29, 1.82) is 0 Å². The molecule has 0 bridgehead atoms. The molecular weight excluding hydrogens is 382 g/mol. The largest absolute Gasteiger partial charge is 0.493 e. The summed E-state index contributed by atoms with van der Waals surface area (Å²) in [5.41, 5.74) is 5.76.